The van der Waals surface area contributed by atoms with Crippen LogP contribution in [0.1, 0.15) is 10.4 Å². The van der Waals surface area contributed by atoms with Gasteiger partial charge in [-0.2, -0.15) is 8.75 Å². The first-order valence-electron chi connectivity index (χ1n) is 8.60. The molecule has 3 heterocycles. The number of amides is 1. The lowest BCUT2D eigenvalue weighted by Gasteiger charge is -2.34. The summed E-state index contributed by atoms with van der Waals surface area (Å²) in [4.78, 5) is 20.9. The van der Waals surface area contributed by atoms with Gasteiger partial charge >= 0.3 is 0 Å². The van der Waals surface area contributed by atoms with Crippen LogP contribution in [0, 0.1) is 11.6 Å². The summed E-state index contributed by atoms with van der Waals surface area (Å²) in [5.74, 6) is -1.31. The molecule has 1 saturated heterocycles. The van der Waals surface area contributed by atoms with Crippen molar-refractivity contribution in [2.75, 3.05) is 31.1 Å². The summed E-state index contributed by atoms with van der Waals surface area (Å²) in [6.45, 7) is 2.21. The minimum Gasteiger partial charge on any atom is -0.345 e. The highest BCUT2D eigenvalue weighted by Gasteiger charge is 2.25. The van der Waals surface area contributed by atoms with Gasteiger partial charge in [0.05, 0.1) is 16.4 Å². The monoisotopic (exact) mass is 417 g/mol. The highest BCUT2D eigenvalue weighted by Crippen LogP contribution is 2.31. The van der Waals surface area contributed by atoms with Crippen LogP contribution in [0.15, 0.2) is 30.3 Å². The summed E-state index contributed by atoms with van der Waals surface area (Å²) in [5.41, 5.74) is 2.28. The lowest BCUT2D eigenvalue weighted by molar-refractivity contribution is 0.0747. The molecule has 0 saturated carbocycles. The predicted molar refractivity (Wildman–Crippen MR) is 105 cm³/mol. The Morgan fingerprint density at radius 1 is 1.00 bits per heavy atom. The number of nitrogens with zero attached hydrogens (tertiary/aromatic N) is 5. The number of benzene rings is 2. The fraction of sp³-hybridized carbons (Fsp3) is 0.222. The molecule has 0 atom stereocenters. The van der Waals surface area contributed by atoms with Gasteiger partial charge in [0.15, 0.2) is 10.9 Å². The number of thiazole rings is 1. The SMILES string of the molecule is O=C(c1ccc2nsnc2c1)N1CCN(c2nc3c(F)cc(F)cc3s2)CC1. The predicted octanol–water partition coefficient (Wildman–Crippen LogP) is 3.54. The van der Waals surface area contributed by atoms with Gasteiger partial charge in [0.2, 0.25) is 0 Å². The summed E-state index contributed by atoms with van der Waals surface area (Å²) in [6.07, 6.45) is 0. The van der Waals surface area contributed by atoms with Crippen molar-refractivity contribution in [3.05, 3.63) is 47.5 Å². The Kier molecular flexibility index (Phi) is 4.17. The fourth-order valence-corrected chi connectivity index (χ4v) is 4.85. The van der Waals surface area contributed by atoms with Crippen LogP contribution < -0.4 is 4.90 Å². The van der Waals surface area contributed by atoms with Crippen LogP contribution in [-0.4, -0.2) is 50.7 Å². The maximum absolute atomic E-state index is 13.9. The van der Waals surface area contributed by atoms with Gasteiger partial charge in [-0.25, -0.2) is 13.8 Å². The number of aromatic nitrogens is 3. The summed E-state index contributed by atoms with van der Waals surface area (Å²) in [7, 11) is 0. The molecule has 0 N–H and O–H groups in total. The summed E-state index contributed by atoms with van der Waals surface area (Å²) in [6, 6.07) is 7.47. The van der Waals surface area contributed by atoms with E-state index in [1.165, 1.54) is 17.4 Å². The number of carbonyl (C=O) groups is 1. The van der Waals surface area contributed by atoms with Crippen molar-refractivity contribution in [2.45, 2.75) is 0 Å². The maximum atomic E-state index is 13.9. The highest BCUT2D eigenvalue weighted by atomic mass is 32.1. The quantitative estimate of drug-likeness (QED) is 0.499. The van der Waals surface area contributed by atoms with Crippen molar-refractivity contribution in [1.29, 1.82) is 0 Å². The topological polar surface area (TPSA) is 62.2 Å². The van der Waals surface area contributed by atoms with E-state index in [9.17, 15) is 13.6 Å². The molecule has 0 aliphatic carbocycles. The molecule has 0 unspecified atom stereocenters. The zero-order chi connectivity index (χ0) is 19.3. The third-order valence-electron chi connectivity index (χ3n) is 4.74. The number of rotatable bonds is 2. The van der Waals surface area contributed by atoms with Crippen LogP contribution >= 0.6 is 23.1 Å². The van der Waals surface area contributed by atoms with E-state index in [2.05, 4.69) is 13.7 Å². The normalized spacial score (nSPS) is 14.9. The molecule has 0 bridgehead atoms. The summed E-state index contributed by atoms with van der Waals surface area (Å²) < 4.78 is 36.1. The van der Waals surface area contributed by atoms with Gasteiger partial charge in [0.1, 0.15) is 22.4 Å². The summed E-state index contributed by atoms with van der Waals surface area (Å²) in [5, 5.41) is 0.640. The Bertz CT molecular complexity index is 1200. The van der Waals surface area contributed by atoms with Crippen molar-refractivity contribution in [3.8, 4) is 0 Å². The average Bonchev–Trinajstić information content (AvgIpc) is 3.33. The van der Waals surface area contributed by atoms with Crippen molar-refractivity contribution >= 4 is 55.4 Å². The van der Waals surface area contributed by atoms with E-state index in [0.29, 0.717) is 41.6 Å². The molecule has 1 aliphatic rings. The van der Waals surface area contributed by atoms with Crippen molar-refractivity contribution in [3.63, 3.8) is 0 Å². The zero-order valence-corrected chi connectivity index (χ0v) is 16.1. The number of hydrogen-bond donors (Lipinski definition) is 0. The molecule has 28 heavy (non-hydrogen) atoms. The Balaban J connectivity index is 1.32. The van der Waals surface area contributed by atoms with Gasteiger partial charge in [-0.1, -0.05) is 11.3 Å². The smallest absolute Gasteiger partial charge is 0.254 e. The first kappa shape index (κ1) is 17.4. The Morgan fingerprint density at radius 3 is 2.61 bits per heavy atom. The molecule has 142 valence electrons. The minimum atomic E-state index is -0.654. The van der Waals surface area contributed by atoms with Crippen LogP contribution in [0.4, 0.5) is 13.9 Å². The standard InChI is InChI=1S/C18H13F2N5OS2/c19-11-8-12(20)16-15(9-11)27-18(21-16)25-5-3-24(4-6-25)17(26)10-1-2-13-14(7-10)23-28-22-13/h1-2,7-9H,3-6H2. The Morgan fingerprint density at radius 2 is 1.79 bits per heavy atom. The lowest BCUT2D eigenvalue weighted by Crippen LogP contribution is -2.48. The van der Waals surface area contributed by atoms with Crippen LogP contribution in [0.5, 0.6) is 0 Å². The summed E-state index contributed by atoms with van der Waals surface area (Å²) >= 11 is 2.38. The number of hydrogen-bond acceptors (Lipinski definition) is 7. The lowest BCUT2D eigenvalue weighted by atomic mass is 10.1. The van der Waals surface area contributed by atoms with Crippen LogP contribution in [0.3, 0.4) is 0 Å². The molecular weight excluding hydrogens is 404 g/mol. The molecule has 6 nitrogen and oxygen atoms in total. The molecule has 0 radical (unpaired) electrons. The second-order valence-corrected chi connectivity index (χ2v) is 8.02. The largest absolute Gasteiger partial charge is 0.345 e. The Hall–Kier alpha value is -2.72. The average molecular weight is 417 g/mol. The second-order valence-electron chi connectivity index (χ2n) is 6.48. The van der Waals surface area contributed by atoms with Gasteiger partial charge in [-0.15, -0.1) is 0 Å². The van der Waals surface area contributed by atoms with E-state index in [1.54, 1.807) is 23.1 Å². The van der Waals surface area contributed by atoms with Crippen molar-refractivity contribution < 1.29 is 13.6 Å². The van der Waals surface area contributed by atoms with E-state index in [4.69, 9.17) is 0 Å². The molecule has 0 spiro atoms. The van der Waals surface area contributed by atoms with Gasteiger partial charge in [-0.3, -0.25) is 4.79 Å². The number of piperazine rings is 1. The Labute approximate surface area is 166 Å². The van der Waals surface area contributed by atoms with Crippen molar-refractivity contribution in [2.24, 2.45) is 0 Å². The first-order valence-corrected chi connectivity index (χ1v) is 10.2. The van der Waals surface area contributed by atoms with Gasteiger partial charge < -0.3 is 9.80 Å². The number of anilines is 1. The van der Waals surface area contributed by atoms with Crippen LogP contribution in [0.25, 0.3) is 21.3 Å². The number of carbonyl (C=O) groups excluding carboxylic acids is 1. The molecule has 4 aromatic rings. The first-order chi connectivity index (χ1) is 13.6. The molecular formula is C18H13F2N5OS2. The maximum Gasteiger partial charge on any atom is 0.254 e. The number of halogens is 2. The molecule has 2 aromatic carbocycles. The van der Waals surface area contributed by atoms with Gasteiger partial charge in [0, 0.05) is 37.8 Å². The van der Waals surface area contributed by atoms with Gasteiger partial charge in [-0.05, 0) is 24.3 Å². The van der Waals surface area contributed by atoms with E-state index in [0.717, 1.165) is 28.8 Å². The highest BCUT2D eigenvalue weighted by molar-refractivity contribution is 7.22. The fourth-order valence-electron chi connectivity index (χ4n) is 3.28. The zero-order valence-electron chi connectivity index (χ0n) is 14.4. The second kappa shape index (κ2) is 6.71. The van der Waals surface area contributed by atoms with Crippen LogP contribution in [-0.2, 0) is 0 Å². The van der Waals surface area contributed by atoms with Crippen LogP contribution in [0.2, 0.25) is 0 Å². The van der Waals surface area contributed by atoms with E-state index < -0.39 is 11.6 Å². The third-order valence-corrected chi connectivity index (χ3v) is 6.36. The molecule has 5 rings (SSSR count). The van der Waals surface area contributed by atoms with E-state index in [1.807, 2.05) is 4.90 Å². The molecule has 2 aromatic heterocycles. The third kappa shape index (κ3) is 2.98. The number of fused-ring (bicyclic) bond motifs is 2. The molecule has 1 fully saturated rings. The van der Waals surface area contributed by atoms with Gasteiger partial charge in [0.25, 0.3) is 5.91 Å². The molecule has 1 amide bonds. The minimum absolute atomic E-state index is 0.0491. The van der Waals surface area contributed by atoms with E-state index in [-0.39, 0.29) is 11.4 Å². The molecule has 1 aliphatic heterocycles. The molecule has 10 heteroatoms. The van der Waals surface area contributed by atoms with E-state index >= 15 is 0 Å². The van der Waals surface area contributed by atoms with Crippen molar-refractivity contribution in [1.82, 2.24) is 18.6 Å².